The van der Waals surface area contributed by atoms with Gasteiger partial charge in [0.25, 0.3) is 11.8 Å². The molecule has 2 aliphatic heterocycles. The van der Waals surface area contributed by atoms with Crippen molar-refractivity contribution in [3.05, 3.63) is 123 Å². The lowest BCUT2D eigenvalue weighted by Crippen LogP contribution is -2.53. The van der Waals surface area contributed by atoms with Crippen LogP contribution in [0.25, 0.3) is 11.0 Å². The molecule has 178 valence electrons. The molecule has 0 saturated carbocycles. The molecule has 0 aliphatic carbocycles. The van der Waals surface area contributed by atoms with Crippen LogP contribution in [0.4, 0.5) is 10.1 Å². The molecule has 0 fully saturated rings. The normalized spacial score (nSPS) is 18.3. The zero-order valence-electron chi connectivity index (χ0n) is 18.8. The van der Waals surface area contributed by atoms with E-state index in [4.69, 9.17) is 16.0 Å². The van der Waals surface area contributed by atoms with Gasteiger partial charge in [-0.2, -0.15) is 0 Å². The molecule has 0 bridgehead atoms. The molecule has 3 aromatic carbocycles. The maximum atomic E-state index is 14.3. The maximum absolute atomic E-state index is 14.3. The molecular weight excluding hydrogens is 483 g/mol. The summed E-state index contributed by atoms with van der Waals surface area (Å²) < 4.78 is 19.6. The van der Waals surface area contributed by atoms with Gasteiger partial charge in [-0.3, -0.25) is 14.4 Å². The third-order valence-corrected chi connectivity index (χ3v) is 7.00. The predicted octanol–water partition coefficient (Wildman–Crippen LogP) is 5.02. The molecule has 6 nitrogen and oxygen atoms in total. The first kappa shape index (κ1) is 22.2. The summed E-state index contributed by atoms with van der Waals surface area (Å²) in [6, 6.07) is 17.2. The Bertz CT molecular complexity index is 1660. The standard InChI is InChI=1S/C28H18ClFN2O4/c1-2-13-31-21-6-4-3-5-20(21)28(27(31)35)23-24(33)19-14-17(29)9-12-22(19)36-25(23)26(34)32(28)15-16-7-10-18(30)11-8-16/h2-12,14H,1,13,15H2. The molecule has 1 aromatic heterocycles. The fraction of sp³-hybridized carbons (Fsp3) is 0.107. The summed E-state index contributed by atoms with van der Waals surface area (Å²) in [4.78, 5) is 45.1. The second kappa shape index (κ2) is 7.90. The second-order valence-corrected chi connectivity index (χ2v) is 9.16. The zero-order valence-corrected chi connectivity index (χ0v) is 19.6. The molecule has 3 heterocycles. The molecule has 0 radical (unpaired) electrons. The van der Waals surface area contributed by atoms with Gasteiger partial charge >= 0.3 is 0 Å². The Labute approximate surface area is 209 Å². The van der Waals surface area contributed by atoms with Crippen LogP contribution >= 0.6 is 11.6 Å². The minimum atomic E-state index is -1.77. The van der Waals surface area contributed by atoms with Crippen LogP contribution in [0.15, 0.2) is 88.6 Å². The predicted molar refractivity (Wildman–Crippen MR) is 134 cm³/mol. The van der Waals surface area contributed by atoms with Crippen molar-refractivity contribution in [2.75, 3.05) is 11.4 Å². The van der Waals surface area contributed by atoms with Gasteiger partial charge in [0.2, 0.25) is 5.76 Å². The van der Waals surface area contributed by atoms with E-state index in [1.54, 1.807) is 36.4 Å². The number of carbonyl (C=O) groups is 2. The molecule has 4 aromatic rings. The van der Waals surface area contributed by atoms with Gasteiger partial charge in [-0.15, -0.1) is 6.58 Å². The van der Waals surface area contributed by atoms with Crippen LogP contribution in [0.2, 0.25) is 5.02 Å². The highest BCUT2D eigenvalue weighted by atomic mass is 35.5. The third-order valence-electron chi connectivity index (χ3n) is 6.76. The number of rotatable bonds is 4. The lowest BCUT2D eigenvalue weighted by molar-refractivity contribution is -0.126. The number of carbonyl (C=O) groups excluding carboxylic acids is 2. The average molecular weight is 501 g/mol. The van der Waals surface area contributed by atoms with E-state index in [0.29, 0.717) is 21.8 Å². The monoisotopic (exact) mass is 500 g/mol. The van der Waals surface area contributed by atoms with Crippen molar-refractivity contribution >= 4 is 40.1 Å². The molecule has 36 heavy (non-hydrogen) atoms. The van der Waals surface area contributed by atoms with Crippen molar-refractivity contribution in [2.45, 2.75) is 12.1 Å². The smallest absolute Gasteiger partial charge is 0.291 e. The van der Waals surface area contributed by atoms with Crippen LogP contribution in [0, 0.1) is 5.82 Å². The van der Waals surface area contributed by atoms with E-state index in [9.17, 15) is 18.8 Å². The second-order valence-electron chi connectivity index (χ2n) is 8.73. The van der Waals surface area contributed by atoms with Crippen LogP contribution in [-0.2, 0) is 16.9 Å². The fourth-order valence-electron chi connectivity index (χ4n) is 5.27. The number of nitrogens with zero attached hydrogens (tertiary/aromatic N) is 2. The van der Waals surface area contributed by atoms with Crippen molar-refractivity contribution in [3.63, 3.8) is 0 Å². The summed E-state index contributed by atoms with van der Waals surface area (Å²) in [6.07, 6.45) is 1.58. The maximum Gasteiger partial charge on any atom is 0.291 e. The van der Waals surface area contributed by atoms with Gasteiger partial charge < -0.3 is 14.2 Å². The molecule has 0 N–H and O–H groups in total. The molecule has 8 heteroatoms. The Morgan fingerprint density at radius 2 is 1.78 bits per heavy atom. The van der Waals surface area contributed by atoms with Gasteiger partial charge in [0.1, 0.15) is 11.4 Å². The number of para-hydroxylation sites is 1. The van der Waals surface area contributed by atoms with Crippen LogP contribution < -0.4 is 10.3 Å². The minimum absolute atomic E-state index is 0.0478. The molecule has 2 amide bonds. The topological polar surface area (TPSA) is 70.8 Å². The number of anilines is 1. The van der Waals surface area contributed by atoms with Crippen molar-refractivity contribution in [1.82, 2.24) is 4.90 Å². The summed E-state index contributed by atoms with van der Waals surface area (Å²) in [5, 5.41) is 0.493. The Balaban J connectivity index is 1.70. The molecule has 1 unspecified atom stereocenters. The highest BCUT2D eigenvalue weighted by molar-refractivity contribution is 6.31. The lowest BCUT2D eigenvalue weighted by atomic mass is 9.83. The number of hydrogen-bond acceptors (Lipinski definition) is 4. The van der Waals surface area contributed by atoms with Crippen molar-refractivity contribution in [2.24, 2.45) is 0 Å². The van der Waals surface area contributed by atoms with E-state index < -0.39 is 28.6 Å². The van der Waals surface area contributed by atoms with Crippen LogP contribution in [-0.4, -0.2) is 23.3 Å². The Hall–Kier alpha value is -4.23. The number of fused-ring (bicyclic) bond motifs is 5. The SMILES string of the molecule is C=CCN1C(=O)C2(c3ccccc31)c1c(oc3ccc(Cl)cc3c1=O)C(=O)N2Cc1ccc(F)cc1. The van der Waals surface area contributed by atoms with E-state index >= 15 is 0 Å². The molecular formula is C28H18ClFN2O4. The van der Waals surface area contributed by atoms with Crippen molar-refractivity contribution in [1.29, 1.82) is 0 Å². The van der Waals surface area contributed by atoms with Gasteiger partial charge in [-0.1, -0.05) is 48.0 Å². The van der Waals surface area contributed by atoms with Crippen molar-refractivity contribution in [3.8, 4) is 0 Å². The van der Waals surface area contributed by atoms with Gasteiger partial charge in [0, 0.05) is 23.7 Å². The Morgan fingerprint density at radius 1 is 1.03 bits per heavy atom. The molecule has 1 atom stereocenters. The van der Waals surface area contributed by atoms with Gasteiger partial charge in [-0.05, 0) is 42.0 Å². The van der Waals surface area contributed by atoms with Crippen LogP contribution in [0.3, 0.4) is 0 Å². The number of halogens is 2. The fourth-order valence-corrected chi connectivity index (χ4v) is 5.44. The van der Waals surface area contributed by atoms with Gasteiger partial charge in [0.15, 0.2) is 11.0 Å². The van der Waals surface area contributed by atoms with Crippen molar-refractivity contribution < 1.29 is 18.4 Å². The quantitative estimate of drug-likeness (QED) is 0.369. The van der Waals surface area contributed by atoms with E-state index in [1.165, 1.54) is 46.2 Å². The number of amides is 2. The van der Waals surface area contributed by atoms with Crippen LogP contribution in [0.1, 0.15) is 27.2 Å². The van der Waals surface area contributed by atoms with E-state index in [-0.39, 0.29) is 35.4 Å². The van der Waals surface area contributed by atoms with E-state index in [1.807, 2.05) is 0 Å². The summed E-state index contributed by atoms with van der Waals surface area (Å²) >= 11 is 6.17. The number of hydrogen-bond donors (Lipinski definition) is 0. The largest absolute Gasteiger partial charge is 0.450 e. The molecule has 2 aliphatic rings. The van der Waals surface area contributed by atoms with Gasteiger partial charge in [0.05, 0.1) is 16.6 Å². The first-order valence-electron chi connectivity index (χ1n) is 11.2. The highest BCUT2D eigenvalue weighted by Crippen LogP contribution is 2.53. The Kier molecular flexibility index (Phi) is 4.88. The van der Waals surface area contributed by atoms with Gasteiger partial charge in [-0.25, -0.2) is 4.39 Å². The molecule has 1 spiro atoms. The zero-order chi connectivity index (χ0) is 25.2. The van der Waals surface area contributed by atoms with E-state index in [2.05, 4.69) is 6.58 Å². The average Bonchev–Trinajstić information content (AvgIpc) is 3.26. The summed E-state index contributed by atoms with van der Waals surface area (Å²) in [5.74, 6) is -1.69. The lowest BCUT2D eigenvalue weighted by Gasteiger charge is -2.34. The third kappa shape index (κ3) is 2.86. The molecule has 0 saturated heterocycles. The highest BCUT2D eigenvalue weighted by Gasteiger charge is 2.64. The van der Waals surface area contributed by atoms with Crippen LogP contribution in [0.5, 0.6) is 0 Å². The molecule has 6 rings (SSSR count). The number of benzene rings is 3. The van der Waals surface area contributed by atoms with E-state index in [0.717, 1.165) is 0 Å². The summed E-state index contributed by atoms with van der Waals surface area (Å²) in [6.45, 7) is 3.89. The summed E-state index contributed by atoms with van der Waals surface area (Å²) in [7, 11) is 0. The Morgan fingerprint density at radius 3 is 2.53 bits per heavy atom. The first-order valence-corrected chi connectivity index (χ1v) is 11.6. The minimum Gasteiger partial charge on any atom is -0.450 e. The first-order chi connectivity index (χ1) is 17.4. The summed E-state index contributed by atoms with van der Waals surface area (Å²) in [5.41, 5.74) is -0.489.